The van der Waals surface area contributed by atoms with Crippen LogP contribution in [0.4, 0.5) is 0 Å². The molecule has 1 aliphatic rings. The first kappa shape index (κ1) is 12.8. The Hall–Kier alpha value is -0.190. The average molecular weight is 202 g/mol. The van der Waals surface area contributed by atoms with Gasteiger partial charge >= 0.3 is 0 Å². The molecule has 0 aromatic carbocycles. The van der Waals surface area contributed by atoms with Gasteiger partial charge in [0.1, 0.15) is 0 Å². The number of halogens is 1. The molecule has 0 amide bonds. The fourth-order valence-electron chi connectivity index (χ4n) is 1.76. The lowest BCUT2D eigenvalue weighted by atomic mass is 10.1. The molecule has 13 heavy (non-hydrogen) atoms. The molecule has 0 aromatic heterocycles. The first-order valence-electron chi connectivity index (χ1n) is 5.09. The van der Waals surface area contributed by atoms with Crippen LogP contribution in [-0.2, 0) is 0 Å². The highest BCUT2D eigenvalue weighted by atomic mass is 35.5. The Bertz CT molecular complexity index is 143. The van der Waals surface area contributed by atoms with E-state index in [-0.39, 0.29) is 12.4 Å². The lowest BCUT2D eigenvalue weighted by Crippen LogP contribution is -2.28. The summed E-state index contributed by atoms with van der Waals surface area (Å²) >= 11 is 0. The van der Waals surface area contributed by atoms with E-state index in [2.05, 4.69) is 10.8 Å². The zero-order valence-corrected chi connectivity index (χ0v) is 9.11. The highest BCUT2D eigenvalue weighted by Gasteiger charge is 2.06. The second-order valence-corrected chi connectivity index (χ2v) is 3.56. The fraction of sp³-hybridized carbons (Fsp3) is 0.818. The molecule has 0 unspecified atom stereocenters. The quantitative estimate of drug-likeness (QED) is 0.621. The summed E-state index contributed by atoms with van der Waals surface area (Å²) in [6, 6.07) is 0. The predicted molar refractivity (Wildman–Crippen MR) is 60.2 cm³/mol. The molecule has 0 N–H and O–H groups in total. The van der Waals surface area contributed by atoms with E-state index in [0.717, 1.165) is 13.0 Å². The molecule has 0 aliphatic carbocycles. The molecule has 1 rings (SSSR count). The summed E-state index contributed by atoms with van der Waals surface area (Å²) in [6.45, 7) is 3.64. The van der Waals surface area contributed by atoms with Crippen LogP contribution in [0.15, 0.2) is 0 Å². The van der Waals surface area contributed by atoms with Crippen molar-refractivity contribution in [2.24, 2.45) is 0 Å². The molecule has 1 saturated heterocycles. The minimum Gasteiger partial charge on any atom is -0.302 e. The minimum atomic E-state index is 0. The Morgan fingerprint density at radius 3 is 2.08 bits per heavy atom. The molecule has 0 radical (unpaired) electrons. The van der Waals surface area contributed by atoms with Gasteiger partial charge in [0.05, 0.1) is 0 Å². The van der Waals surface area contributed by atoms with E-state index in [1.165, 1.54) is 45.2 Å². The molecule has 0 aromatic rings. The van der Waals surface area contributed by atoms with Gasteiger partial charge in [0.15, 0.2) is 0 Å². The van der Waals surface area contributed by atoms with E-state index in [1.807, 2.05) is 0 Å². The highest BCUT2D eigenvalue weighted by Crippen LogP contribution is 2.10. The second-order valence-electron chi connectivity index (χ2n) is 3.56. The molecule has 0 atom stereocenters. The van der Waals surface area contributed by atoms with E-state index in [1.54, 1.807) is 0 Å². The average Bonchev–Trinajstić information content (AvgIpc) is 2.02. The molecular formula is C11H20ClN. The number of terminal acetylenes is 1. The van der Waals surface area contributed by atoms with Gasteiger partial charge in [0.2, 0.25) is 0 Å². The van der Waals surface area contributed by atoms with Crippen LogP contribution in [-0.4, -0.2) is 24.5 Å². The van der Waals surface area contributed by atoms with Crippen LogP contribution in [0, 0.1) is 12.3 Å². The number of nitrogens with zero attached hydrogens (tertiary/aromatic N) is 1. The number of hydrogen-bond acceptors (Lipinski definition) is 1. The molecule has 1 heterocycles. The van der Waals surface area contributed by atoms with E-state index in [0.29, 0.717) is 0 Å². The van der Waals surface area contributed by atoms with Gasteiger partial charge in [-0.05, 0) is 25.9 Å². The maximum atomic E-state index is 5.24. The smallest absolute Gasteiger partial charge is 0.0214 e. The Morgan fingerprint density at radius 2 is 1.54 bits per heavy atom. The van der Waals surface area contributed by atoms with Gasteiger partial charge in [0, 0.05) is 13.0 Å². The maximum Gasteiger partial charge on any atom is 0.0214 e. The van der Waals surface area contributed by atoms with Crippen LogP contribution in [0.1, 0.15) is 38.5 Å². The third kappa shape index (κ3) is 5.96. The summed E-state index contributed by atoms with van der Waals surface area (Å²) in [7, 11) is 0. The third-order valence-corrected chi connectivity index (χ3v) is 2.52. The minimum absolute atomic E-state index is 0. The van der Waals surface area contributed by atoms with Gasteiger partial charge in [0.25, 0.3) is 0 Å². The zero-order valence-electron chi connectivity index (χ0n) is 8.30. The number of rotatable bonds is 2. The summed E-state index contributed by atoms with van der Waals surface area (Å²) < 4.78 is 0. The van der Waals surface area contributed by atoms with Crippen molar-refractivity contribution in [1.82, 2.24) is 4.90 Å². The van der Waals surface area contributed by atoms with Gasteiger partial charge in [-0.3, -0.25) is 0 Å². The van der Waals surface area contributed by atoms with Crippen molar-refractivity contribution < 1.29 is 0 Å². The van der Waals surface area contributed by atoms with Crippen LogP contribution in [0.2, 0.25) is 0 Å². The maximum absolute atomic E-state index is 5.24. The van der Waals surface area contributed by atoms with Crippen LogP contribution in [0.25, 0.3) is 0 Å². The highest BCUT2D eigenvalue weighted by molar-refractivity contribution is 5.85. The monoisotopic (exact) mass is 201 g/mol. The van der Waals surface area contributed by atoms with E-state index in [9.17, 15) is 0 Å². The zero-order chi connectivity index (χ0) is 8.65. The molecule has 1 nitrogen and oxygen atoms in total. The lowest BCUT2D eigenvalue weighted by molar-refractivity contribution is 0.253. The Balaban J connectivity index is 0.00000144. The Labute approximate surface area is 88.3 Å². The Kier molecular flexibility index (Phi) is 8.29. The molecule has 1 aliphatic heterocycles. The normalized spacial score (nSPS) is 19.3. The predicted octanol–water partition coefficient (Wildman–Crippen LogP) is 2.70. The standard InChI is InChI=1S/C11H19N.ClH/c1-2-3-9-12-10-7-5-4-6-8-11-12;/h1H,3-11H2;1H. The van der Waals surface area contributed by atoms with Crippen molar-refractivity contribution >= 4 is 12.4 Å². The molecule has 76 valence electrons. The van der Waals surface area contributed by atoms with Crippen LogP contribution < -0.4 is 0 Å². The van der Waals surface area contributed by atoms with Crippen LogP contribution >= 0.6 is 12.4 Å². The summed E-state index contributed by atoms with van der Waals surface area (Å²) in [5.41, 5.74) is 0. The van der Waals surface area contributed by atoms with Gasteiger partial charge in [-0.25, -0.2) is 0 Å². The molecule has 2 heteroatoms. The summed E-state index contributed by atoms with van der Waals surface area (Å²) in [6.07, 6.45) is 13.1. The van der Waals surface area contributed by atoms with Crippen molar-refractivity contribution in [2.45, 2.75) is 38.5 Å². The molecule has 0 spiro atoms. The third-order valence-electron chi connectivity index (χ3n) is 2.52. The first-order chi connectivity index (χ1) is 5.93. The number of likely N-dealkylation sites (tertiary alicyclic amines) is 1. The topological polar surface area (TPSA) is 3.24 Å². The second kappa shape index (κ2) is 8.41. The molecule has 1 fully saturated rings. The van der Waals surface area contributed by atoms with Gasteiger partial charge in [-0.15, -0.1) is 24.8 Å². The largest absolute Gasteiger partial charge is 0.302 e. The van der Waals surface area contributed by atoms with Gasteiger partial charge in [-0.1, -0.05) is 19.3 Å². The first-order valence-corrected chi connectivity index (χ1v) is 5.09. The fourth-order valence-corrected chi connectivity index (χ4v) is 1.76. The SMILES string of the molecule is C#CCCN1CCCCCCC1.Cl. The number of hydrogen-bond donors (Lipinski definition) is 0. The van der Waals surface area contributed by atoms with Crippen molar-refractivity contribution in [3.05, 3.63) is 0 Å². The molecule has 0 saturated carbocycles. The summed E-state index contributed by atoms with van der Waals surface area (Å²) in [4.78, 5) is 2.51. The molecular weight excluding hydrogens is 182 g/mol. The summed E-state index contributed by atoms with van der Waals surface area (Å²) in [5.74, 6) is 2.71. The van der Waals surface area contributed by atoms with Crippen molar-refractivity contribution in [2.75, 3.05) is 19.6 Å². The van der Waals surface area contributed by atoms with Crippen molar-refractivity contribution in [3.63, 3.8) is 0 Å². The lowest BCUT2D eigenvalue weighted by Gasteiger charge is -2.23. The molecule has 0 bridgehead atoms. The van der Waals surface area contributed by atoms with Gasteiger partial charge in [-0.2, -0.15) is 0 Å². The van der Waals surface area contributed by atoms with Gasteiger partial charge < -0.3 is 4.90 Å². The van der Waals surface area contributed by atoms with Crippen molar-refractivity contribution in [1.29, 1.82) is 0 Å². The Morgan fingerprint density at radius 1 is 1.00 bits per heavy atom. The van der Waals surface area contributed by atoms with E-state index in [4.69, 9.17) is 6.42 Å². The van der Waals surface area contributed by atoms with E-state index >= 15 is 0 Å². The van der Waals surface area contributed by atoms with Crippen LogP contribution in [0.3, 0.4) is 0 Å². The van der Waals surface area contributed by atoms with E-state index < -0.39 is 0 Å². The van der Waals surface area contributed by atoms with Crippen molar-refractivity contribution in [3.8, 4) is 12.3 Å². The summed E-state index contributed by atoms with van der Waals surface area (Å²) in [5, 5.41) is 0. The van der Waals surface area contributed by atoms with Crippen LogP contribution in [0.5, 0.6) is 0 Å².